The number of halogens is 1. The van der Waals surface area contributed by atoms with Crippen molar-refractivity contribution in [2.75, 3.05) is 38.4 Å². The van der Waals surface area contributed by atoms with Gasteiger partial charge in [0.1, 0.15) is 0 Å². The van der Waals surface area contributed by atoms with Gasteiger partial charge >= 0.3 is 0 Å². The van der Waals surface area contributed by atoms with Gasteiger partial charge in [-0.2, -0.15) is 0 Å². The lowest BCUT2D eigenvalue weighted by atomic mass is 10.2. The number of fused-ring (bicyclic) bond motifs is 1. The molecule has 1 saturated heterocycles. The minimum Gasteiger partial charge on any atom is -0.454 e. The van der Waals surface area contributed by atoms with E-state index < -0.39 is 0 Å². The molecule has 0 aliphatic carbocycles. The number of anilines is 1. The van der Waals surface area contributed by atoms with Crippen molar-refractivity contribution in [1.29, 1.82) is 0 Å². The molecule has 4 rings (SSSR count). The Morgan fingerprint density at radius 3 is 2.86 bits per heavy atom. The number of guanidine groups is 1. The molecule has 0 spiro atoms. The van der Waals surface area contributed by atoms with E-state index in [0.29, 0.717) is 13.3 Å². The van der Waals surface area contributed by atoms with Crippen LogP contribution in [0.3, 0.4) is 0 Å². The molecule has 3 heterocycles. The summed E-state index contributed by atoms with van der Waals surface area (Å²) in [5.74, 6) is 2.38. The molecular formula is C19H26IN5O2S. The van der Waals surface area contributed by atoms with Crippen molar-refractivity contribution in [2.45, 2.75) is 25.8 Å². The van der Waals surface area contributed by atoms with Crippen LogP contribution in [0.4, 0.5) is 5.13 Å². The summed E-state index contributed by atoms with van der Waals surface area (Å²) in [7, 11) is 1.78. The van der Waals surface area contributed by atoms with Crippen LogP contribution in [-0.2, 0) is 13.0 Å². The van der Waals surface area contributed by atoms with Crippen LogP contribution in [0.1, 0.15) is 24.1 Å². The molecule has 0 unspecified atom stereocenters. The van der Waals surface area contributed by atoms with Crippen LogP contribution in [0.2, 0.25) is 0 Å². The summed E-state index contributed by atoms with van der Waals surface area (Å²) in [4.78, 5) is 11.4. The number of nitrogens with zero attached hydrogens (tertiary/aromatic N) is 3. The highest BCUT2D eigenvalue weighted by atomic mass is 127. The van der Waals surface area contributed by atoms with Crippen LogP contribution in [0.15, 0.2) is 28.6 Å². The third kappa shape index (κ3) is 5.19. The molecular weight excluding hydrogens is 489 g/mol. The van der Waals surface area contributed by atoms with E-state index in [2.05, 4.69) is 25.9 Å². The first-order valence-electron chi connectivity index (χ1n) is 9.34. The minimum absolute atomic E-state index is 0. The van der Waals surface area contributed by atoms with Crippen LogP contribution in [-0.4, -0.2) is 44.4 Å². The van der Waals surface area contributed by atoms with E-state index >= 15 is 0 Å². The molecule has 0 amide bonds. The smallest absolute Gasteiger partial charge is 0.231 e. The van der Waals surface area contributed by atoms with Gasteiger partial charge in [-0.05, 0) is 30.5 Å². The standard InChI is InChI=1S/C19H25N5O2S.HI/c1-20-18(22-11-14-4-5-16-17(10-14)26-13-25-16)21-7-6-15-12-27-19(23-15)24-8-2-3-9-24;/h4-5,10,12H,2-3,6-9,11,13H2,1H3,(H2,20,21,22);1H. The maximum Gasteiger partial charge on any atom is 0.231 e. The molecule has 28 heavy (non-hydrogen) atoms. The highest BCUT2D eigenvalue weighted by Gasteiger charge is 2.16. The monoisotopic (exact) mass is 515 g/mol. The predicted octanol–water partition coefficient (Wildman–Crippen LogP) is 3.00. The van der Waals surface area contributed by atoms with Gasteiger partial charge in [0.25, 0.3) is 0 Å². The van der Waals surface area contributed by atoms with Crippen molar-refractivity contribution in [3.05, 3.63) is 34.8 Å². The predicted molar refractivity (Wildman–Crippen MR) is 123 cm³/mol. The Hall–Kier alpha value is -1.75. The Labute approximate surface area is 186 Å². The van der Waals surface area contributed by atoms with Crippen LogP contribution < -0.4 is 25.0 Å². The lowest BCUT2D eigenvalue weighted by molar-refractivity contribution is 0.174. The van der Waals surface area contributed by atoms with Gasteiger partial charge in [0.2, 0.25) is 6.79 Å². The van der Waals surface area contributed by atoms with E-state index in [1.807, 2.05) is 18.2 Å². The Kier molecular flexibility index (Phi) is 7.60. The molecule has 1 fully saturated rings. The van der Waals surface area contributed by atoms with E-state index in [1.54, 1.807) is 18.4 Å². The molecule has 152 valence electrons. The zero-order valence-corrected chi connectivity index (χ0v) is 19.1. The largest absolute Gasteiger partial charge is 0.454 e. The molecule has 2 aliphatic rings. The van der Waals surface area contributed by atoms with E-state index in [-0.39, 0.29) is 24.0 Å². The van der Waals surface area contributed by atoms with Gasteiger partial charge in [0.15, 0.2) is 22.6 Å². The molecule has 0 saturated carbocycles. The SMILES string of the molecule is CN=C(NCCc1csc(N2CCCC2)n1)NCc1ccc2c(c1)OCO2.I. The van der Waals surface area contributed by atoms with E-state index in [4.69, 9.17) is 14.5 Å². The second-order valence-corrected chi connectivity index (χ2v) is 7.44. The lowest BCUT2D eigenvalue weighted by Crippen LogP contribution is -2.37. The van der Waals surface area contributed by atoms with E-state index in [9.17, 15) is 0 Å². The van der Waals surface area contributed by atoms with Crippen molar-refractivity contribution in [3.63, 3.8) is 0 Å². The van der Waals surface area contributed by atoms with E-state index in [1.165, 1.54) is 12.8 Å². The van der Waals surface area contributed by atoms with Crippen LogP contribution >= 0.6 is 35.3 Å². The second kappa shape index (κ2) is 10.1. The summed E-state index contributed by atoms with van der Waals surface area (Å²) in [6, 6.07) is 5.97. The fraction of sp³-hybridized carbons (Fsp3) is 0.474. The maximum absolute atomic E-state index is 5.42. The first kappa shape index (κ1) is 21.0. The lowest BCUT2D eigenvalue weighted by Gasteiger charge is -2.13. The number of hydrogen-bond acceptors (Lipinski definition) is 6. The van der Waals surface area contributed by atoms with Gasteiger partial charge in [-0.3, -0.25) is 4.99 Å². The fourth-order valence-electron chi connectivity index (χ4n) is 3.23. The molecule has 0 radical (unpaired) electrons. The van der Waals surface area contributed by atoms with Crippen LogP contribution in [0.25, 0.3) is 0 Å². The summed E-state index contributed by atoms with van der Waals surface area (Å²) >= 11 is 1.75. The average molecular weight is 515 g/mol. The number of nitrogens with one attached hydrogen (secondary N) is 2. The molecule has 9 heteroatoms. The van der Waals surface area contributed by atoms with Crippen molar-refractivity contribution in [3.8, 4) is 11.5 Å². The van der Waals surface area contributed by atoms with Gasteiger partial charge < -0.3 is 25.0 Å². The Morgan fingerprint density at radius 2 is 2.04 bits per heavy atom. The highest BCUT2D eigenvalue weighted by molar-refractivity contribution is 14.0. The van der Waals surface area contributed by atoms with Gasteiger partial charge in [-0.25, -0.2) is 4.98 Å². The number of aromatic nitrogens is 1. The topological polar surface area (TPSA) is 71.0 Å². The fourth-order valence-corrected chi connectivity index (χ4v) is 4.14. The van der Waals surface area contributed by atoms with Crippen molar-refractivity contribution in [2.24, 2.45) is 4.99 Å². The molecule has 0 bridgehead atoms. The Morgan fingerprint density at radius 1 is 1.21 bits per heavy atom. The molecule has 2 aliphatic heterocycles. The number of benzene rings is 1. The molecule has 1 aromatic heterocycles. The molecule has 7 nitrogen and oxygen atoms in total. The normalized spacial score (nSPS) is 15.5. The summed E-state index contributed by atoms with van der Waals surface area (Å²) in [5.41, 5.74) is 2.26. The zero-order valence-electron chi connectivity index (χ0n) is 15.9. The third-order valence-electron chi connectivity index (χ3n) is 4.71. The first-order valence-corrected chi connectivity index (χ1v) is 10.2. The molecule has 2 aromatic rings. The highest BCUT2D eigenvalue weighted by Crippen LogP contribution is 2.32. The summed E-state index contributed by atoms with van der Waals surface area (Å²) in [6.07, 6.45) is 3.44. The maximum atomic E-state index is 5.42. The van der Waals surface area contributed by atoms with Gasteiger partial charge in [-0.1, -0.05) is 6.07 Å². The third-order valence-corrected chi connectivity index (χ3v) is 5.66. The van der Waals surface area contributed by atoms with Crippen molar-refractivity contribution >= 4 is 46.4 Å². The molecule has 1 aromatic carbocycles. The summed E-state index contributed by atoms with van der Waals surface area (Å²) in [5, 5.41) is 10.0. The van der Waals surface area contributed by atoms with Crippen molar-refractivity contribution < 1.29 is 9.47 Å². The summed E-state index contributed by atoms with van der Waals surface area (Å²) in [6.45, 7) is 4.05. The van der Waals surface area contributed by atoms with Gasteiger partial charge in [0.05, 0.1) is 5.69 Å². The average Bonchev–Trinajstić information content (AvgIpc) is 3.45. The number of ether oxygens (including phenoxy) is 2. The Balaban J connectivity index is 0.00000225. The number of aliphatic imine (C=N–C) groups is 1. The number of rotatable bonds is 6. The quantitative estimate of drug-likeness (QED) is 0.350. The number of thiazole rings is 1. The Bertz CT molecular complexity index is 807. The van der Waals surface area contributed by atoms with Crippen LogP contribution in [0, 0.1) is 0 Å². The first-order chi connectivity index (χ1) is 13.3. The van der Waals surface area contributed by atoms with E-state index in [0.717, 1.165) is 59.9 Å². The summed E-state index contributed by atoms with van der Waals surface area (Å²) < 4.78 is 10.8. The van der Waals surface area contributed by atoms with Gasteiger partial charge in [-0.15, -0.1) is 35.3 Å². The van der Waals surface area contributed by atoms with Gasteiger partial charge in [0, 0.05) is 45.0 Å². The number of hydrogen-bond donors (Lipinski definition) is 2. The second-order valence-electron chi connectivity index (χ2n) is 6.61. The minimum atomic E-state index is 0. The zero-order chi connectivity index (χ0) is 18.5. The van der Waals surface area contributed by atoms with Crippen molar-refractivity contribution in [1.82, 2.24) is 15.6 Å². The van der Waals surface area contributed by atoms with Crippen LogP contribution in [0.5, 0.6) is 11.5 Å². The molecule has 2 N–H and O–H groups in total. The molecule has 0 atom stereocenters.